The lowest BCUT2D eigenvalue weighted by molar-refractivity contribution is -0.141. The van der Waals surface area contributed by atoms with Gasteiger partial charge in [-0.15, -0.1) is 0 Å². The number of nitrogens with zero attached hydrogens (tertiary/aromatic N) is 1. The van der Waals surface area contributed by atoms with E-state index in [1.54, 1.807) is 6.92 Å². The van der Waals surface area contributed by atoms with Crippen LogP contribution in [0.15, 0.2) is 18.2 Å². The van der Waals surface area contributed by atoms with Gasteiger partial charge in [0.15, 0.2) is 0 Å². The molecule has 90 valence electrons. The largest absolute Gasteiger partial charge is 0.481 e. The Balaban J connectivity index is 2.38. The van der Waals surface area contributed by atoms with Crippen molar-refractivity contribution in [2.24, 2.45) is 11.7 Å². The summed E-state index contributed by atoms with van der Waals surface area (Å²) in [7, 11) is 0. The lowest BCUT2D eigenvalue weighted by Gasteiger charge is -2.16. The number of benzene rings is 1. The topological polar surface area (TPSA) is 92.0 Å². The summed E-state index contributed by atoms with van der Waals surface area (Å²) >= 11 is 0. The summed E-state index contributed by atoms with van der Waals surface area (Å²) in [6.45, 7) is 3.48. The maximum absolute atomic E-state index is 10.9. The second-order valence-corrected chi connectivity index (χ2v) is 4.25. The van der Waals surface area contributed by atoms with Crippen molar-refractivity contribution < 1.29 is 9.90 Å². The third-order valence-corrected chi connectivity index (χ3v) is 2.94. The number of carboxylic acid groups (broad SMARTS) is 1. The van der Waals surface area contributed by atoms with E-state index in [-0.39, 0.29) is 0 Å². The van der Waals surface area contributed by atoms with Crippen molar-refractivity contribution in [3.8, 4) is 0 Å². The van der Waals surface area contributed by atoms with Crippen LogP contribution in [-0.2, 0) is 4.79 Å². The summed E-state index contributed by atoms with van der Waals surface area (Å²) in [5, 5.41) is 8.93. The molecule has 2 aromatic rings. The van der Waals surface area contributed by atoms with Crippen molar-refractivity contribution >= 4 is 17.0 Å². The Morgan fingerprint density at radius 1 is 1.53 bits per heavy atom. The maximum atomic E-state index is 10.9. The van der Waals surface area contributed by atoms with Crippen molar-refractivity contribution in [2.75, 3.05) is 0 Å². The molecular formula is C12H15N3O2. The van der Waals surface area contributed by atoms with Gasteiger partial charge in [0.05, 0.1) is 17.0 Å². The monoisotopic (exact) mass is 233 g/mol. The highest BCUT2D eigenvalue weighted by atomic mass is 16.4. The van der Waals surface area contributed by atoms with E-state index in [4.69, 9.17) is 10.8 Å². The molecule has 1 aromatic heterocycles. The Hall–Kier alpha value is -1.88. The number of aliphatic carboxylic acids is 1. The molecule has 4 N–H and O–H groups in total. The van der Waals surface area contributed by atoms with Crippen molar-refractivity contribution in [3.05, 3.63) is 29.6 Å². The molecule has 0 saturated heterocycles. The lowest BCUT2D eigenvalue weighted by Crippen LogP contribution is -2.25. The number of carbonyl (C=O) groups is 1. The first-order chi connectivity index (χ1) is 7.99. The number of rotatable bonds is 3. The number of aromatic amines is 1. The molecule has 0 bridgehead atoms. The van der Waals surface area contributed by atoms with E-state index in [1.165, 1.54) is 0 Å². The van der Waals surface area contributed by atoms with Gasteiger partial charge in [0.25, 0.3) is 0 Å². The molecule has 2 rings (SSSR count). The van der Waals surface area contributed by atoms with Gasteiger partial charge in [-0.05, 0) is 24.6 Å². The first-order valence-corrected chi connectivity index (χ1v) is 5.43. The van der Waals surface area contributed by atoms with Crippen molar-refractivity contribution in [1.29, 1.82) is 0 Å². The third-order valence-electron chi connectivity index (χ3n) is 2.94. The zero-order chi connectivity index (χ0) is 12.6. The van der Waals surface area contributed by atoms with Gasteiger partial charge in [0, 0.05) is 6.04 Å². The molecule has 0 radical (unpaired) electrons. The average molecular weight is 233 g/mol. The number of nitrogens with two attached hydrogens (primary N) is 1. The van der Waals surface area contributed by atoms with E-state index in [9.17, 15) is 4.79 Å². The number of fused-ring (bicyclic) bond motifs is 1. The second kappa shape index (κ2) is 4.18. The number of aryl methyl sites for hydroxylation is 1. The summed E-state index contributed by atoms with van der Waals surface area (Å²) in [5.41, 5.74) is 8.47. The van der Waals surface area contributed by atoms with Crippen LogP contribution in [0, 0.1) is 12.8 Å². The minimum atomic E-state index is -0.890. The molecule has 17 heavy (non-hydrogen) atoms. The van der Waals surface area contributed by atoms with E-state index in [0.29, 0.717) is 0 Å². The van der Waals surface area contributed by atoms with E-state index in [2.05, 4.69) is 9.97 Å². The Labute approximate surface area is 98.7 Å². The molecule has 1 aromatic carbocycles. The van der Waals surface area contributed by atoms with Gasteiger partial charge in [0.2, 0.25) is 0 Å². The van der Waals surface area contributed by atoms with Gasteiger partial charge in [-0.1, -0.05) is 13.0 Å². The highest BCUT2D eigenvalue weighted by Crippen LogP contribution is 2.22. The van der Waals surface area contributed by atoms with Crippen molar-refractivity contribution in [2.45, 2.75) is 19.9 Å². The zero-order valence-corrected chi connectivity index (χ0v) is 9.77. The highest BCUT2D eigenvalue weighted by molar-refractivity contribution is 5.76. The molecule has 0 aliphatic heterocycles. The third kappa shape index (κ3) is 2.14. The smallest absolute Gasteiger partial charge is 0.308 e. The van der Waals surface area contributed by atoms with Crippen LogP contribution in [-0.4, -0.2) is 21.0 Å². The van der Waals surface area contributed by atoms with E-state index < -0.39 is 17.9 Å². The number of carboxylic acids is 1. The SMILES string of the molecule is Cc1nc2ccc(C(N)C(C)C(=O)O)cc2[nH]1. The Bertz CT molecular complexity index is 562. The standard InChI is InChI=1S/C12H15N3O2/c1-6(12(16)17)11(13)8-3-4-9-10(5-8)15-7(2)14-9/h3-6,11H,13H2,1-2H3,(H,14,15)(H,16,17). The molecule has 5 nitrogen and oxygen atoms in total. The predicted molar refractivity (Wildman–Crippen MR) is 64.6 cm³/mol. The van der Waals surface area contributed by atoms with Crippen LogP contribution in [0.25, 0.3) is 11.0 Å². The first kappa shape index (κ1) is 11.6. The number of nitrogens with one attached hydrogen (secondary N) is 1. The molecule has 0 aliphatic carbocycles. The van der Waals surface area contributed by atoms with Crippen molar-refractivity contribution in [1.82, 2.24) is 9.97 Å². The van der Waals surface area contributed by atoms with Gasteiger partial charge in [-0.25, -0.2) is 4.98 Å². The average Bonchev–Trinajstić information content (AvgIpc) is 2.65. The van der Waals surface area contributed by atoms with Crippen LogP contribution in [0.1, 0.15) is 24.4 Å². The number of H-pyrrole nitrogens is 1. The fraction of sp³-hybridized carbons (Fsp3) is 0.333. The molecule has 5 heteroatoms. The summed E-state index contributed by atoms with van der Waals surface area (Å²) in [6.07, 6.45) is 0. The van der Waals surface area contributed by atoms with Crippen LogP contribution < -0.4 is 5.73 Å². The fourth-order valence-corrected chi connectivity index (χ4v) is 1.80. The molecule has 1 heterocycles. The molecule has 0 spiro atoms. The highest BCUT2D eigenvalue weighted by Gasteiger charge is 2.21. The zero-order valence-electron chi connectivity index (χ0n) is 9.77. The van der Waals surface area contributed by atoms with E-state index in [1.807, 2.05) is 25.1 Å². The molecule has 0 aliphatic rings. The van der Waals surface area contributed by atoms with Gasteiger partial charge < -0.3 is 15.8 Å². The minimum absolute atomic E-state index is 0.513. The summed E-state index contributed by atoms with van der Waals surface area (Å²) in [5.74, 6) is -0.674. The Morgan fingerprint density at radius 3 is 2.88 bits per heavy atom. The normalized spacial score (nSPS) is 14.8. The Kier molecular flexibility index (Phi) is 2.85. The minimum Gasteiger partial charge on any atom is -0.481 e. The quantitative estimate of drug-likeness (QED) is 0.750. The van der Waals surface area contributed by atoms with E-state index in [0.717, 1.165) is 22.4 Å². The van der Waals surface area contributed by atoms with Crippen molar-refractivity contribution in [3.63, 3.8) is 0 Å². The van der Waals surface area contributed by atoms with Gasteiger partial charge in [-0.2, -0.15) is 0 Å². The second-order valence-electron chi connectivity index (χ2n) is 4.25. The summed E-state index contributed by atoms with van der Waals surface area (Å²) in [4.78, 5) is 18.3. The predicted octanol–water partition coefficient (Wildman–Crippen LogP) is 1.59. The molecule has 0 amide bonds. The number of hydrogen-bond donors (Lipinski definition) is 3. The maximum Gasteiger partial charge on any atom is 0.308 e. The van der Waals surface area contributed by atoms with Gasteiger partial charge in [-0.3, -0.25) is 4.79 Å². The number of aromatic nitrogens is 2. The molecule has 2 atom stereocenters. The van der Waals surface area contributed by atoms with Gasteiger partial charge in [0.1, 0.15) is 5.82 Å². The fourth-order valence-electron chi connectivity index (χ4n) is 1.80. The van der Waals surface area contributed by atoms with Crippen LogP contribution in [0.2, 0.25) is 0 Å². The lowest BCUT2D eigenvalue weighted by atomic mass is 9.95. The molecule has 0 saturated carbocycles. The van der Waals surface area contributed by atoms with Crippen LogP contribution in [0.4, 0.5) is 0 Å². The van der Waals surface area contributed by atoms with Crippen LogP contribution in [0.3, 0.4) is 0 Å². The van der Waals surface area contributed by atoms with Crippen LogP contribution in [0.5, 0.6) is 0 Å². The first-order valence-electron chi connectivity index (χ1n) is 5.43. The van der Waals surface area contributed by atoms with Crippen LogP contribution >= 0.6 is 0 Å². The molecule has 0 fully saturated rings. The number of hydrogen-bond acceptors (Lipinski definition) is 3. The summed E-state index contributed by atoms with van der Waals surface area (Å²) in [6, 6.07) is 5.02. The molecule has 2 unspecified atom stereocenters. The van der Waals surface area contributed by atoms with E-state index >= 15 is 0 Å². The molecular weight excluding hydrogens is 218 g/mol. The number of imidazole rings is 1. The summed E-state index contributed by atoms with van der Waals surface area (Å²) < 4.78 is 0. The Morgan fingerprint density at radius 2 is 2.24 bits per heavy atom. The van der Waals surface area contributed by atoms with Gasteiger partial charge >= 0.3 is 5.97 Å².